The number of hydrogen-bond acceptors (Lipinski definition) is 4. The maximum atomic E-state index is 13.0. The fourth-order valence-electron chi connectivity index (χ4n) is 2.81. The summed E-state index contributed by atoms with van der Waals surface area (Å²) in [7, 11) is 0. The van der Waals surface area contributed by atoms with Crippen LogP contribution in [0.15, 0.2) is 24.3 Å². The number of amides is 1. The fourth-order valence-corrected chi connectivity index (χ4v) is 2.81. The summed E-state index contributed by atoms with van der Waals surface area (Å²) in [5.41, 5.74) is 0.956. The second-order valence-electron chi connectivity index (χ2n) is 5.37. The molecule has 0 aromatic heterocycles. The van der Waals surface area contributed by atoms with Gasteiger partial charge in [0.1, 0.15) is 11.9 Å². The first-order valence-corrected chi connectivity index (χ1v) is 7.34. The molecular weight excluding hydrogens is 273 g/mol. The van der Waals surface area contributed by atoms with E-state index < -0.39 is 0 Å². The van der Waals surface area contributed by atoms with Crippen LogP contribution >= 0.6 is 0 Å². The number of carbonyl (C=O) groups is 1. The van der Waals surface area contributed by atoms with Crippen molar-refractivity contribution in [3.05, 3.63) is 30.1 Å². The minimum atomic E-state index is -0.241. The van der Waals surface area contributed by atoms with Crippen molar-refractivity contribution in [1.29, 1.82) is 0 Å². The highest BCUT2D eigenvalue weighted by molar-refractivity contribution is 5.83. The number of rotatable bonds is 2. The molecule has 0 bridgehead atoms. The van der Waals surface area contributed by atoms with Gasteiger partial charge in [0, 0.05) is 38.4 Å². The van der Waals surface area contributed by atoms with Gasteiger partial charge in [0.05, 0.1) is 13.2 Å². The van der Waals surface area contributed by atoms with Crippen LogP contribution in [0, 0.1) is 5.82 Å². The molecule has 21 heavy (non-hydrogen) atoms. The lowest BCUT2D eigenvalue weighted by atomic mass is 10.1. The molecule has 2 aliphatic heterocycles. The molecule has 114 valence electrons. The summed E-state index contributed by atoms with van der Waals surface area (Å²) in [6.45, 7) is 4.72. The van der Waals surface area contributed by atoms with Gasteiger partial charge in [-0.3, -0.25) is 4.79 Å². The Morgan fingerprint density at radius 3 is 2.62 bits per heavy atom. The van der Waals surface area contributed by atoms with E-state index in [9.17, 15) is 9.18 Å². The number of nitrogens with zero attached hydrogens (tertiary/aromatic N) is 2. The molecule has 0 saturated carbocycles. The highest BCUT2D eigenvalue weighted by atomic mass is 19.1. The first-order valence-electron chi connectivity index (χ1n) is 7.34. The molecule has 0 radical (unpaired) electrons. The van der Waals surface area contributed by atoms with Crippen LogP contribution in [-0.4, -0.2) is 62.8 Å². The van der Waals surface area contributed by atoms with Gasteiger partial charge in [-0.1, -0.05) is 0 Å². The van der Waals surface area contributed by atoms with Crippen molar-refractivity contribution >= 4 is 11.6 Å². The molecule has 2 fully saturated rings. The second kappa shape index (κ2) is 6.41. The molecule has 2 aliphatic rings. The van der Waals surface area contributed by atoms with Gasteiger partial charge in [-0.25, -0.2) is 4.39 Å². The van der Waals surface area contributed by atoms with Crippen molar-refractivity contribution in [2.24, 2.45) is 0 Å². The molecule has 2 saturated heterocycles. The van der Waals surface area contributed by atoms with E-state index in [2.05, 4.69) is 10.2 Å². The Morgan fingerprint density at radius 1 is 1.19 bits per heavy atom. The Kier molecular flexibility index (Phi) is 4.36. The molecule has 5 nitrogen and oxygen atoms in total. The molecule has 3 rings (SSSR count). The van der Waals surface area contributed by atoms with Crippen LogP contribution in [0.4, 0.5) is 10.1 Å². The van der Waals surface area contributed by atoms with Crippen LogP contribution in [-0.2, 0) is 9.53 Å². The van der Waals surface area contributed by atoms with Crippen LogP contribution in [0.25, 0.3) is 0 Å². The Bertz CT molecular complexity index is 488. The zero-order valence-electron chi connectivity index (χ0n) is 11.9. The summed E-state index contributed by atoms with van der Waals surface area (Å²) >= 11 is 0. The van der Waals surface area contributed by atoms with E-state index in [4.69, 9.17) is 4.74 Å². The molecule has 6 heteroatoms. The normalized spacial score (nSPS) is 23.2. The summed E-state index contributed by atoms with van der Waals surface area (Å²) in [5.74, 6) is -0.111. The van der Waals surface area contributed by atoms with E-state index in [1.54, 1.807) is 12.1 Å². The van der Waals surface area contributed by atoms with Crippen LogP contribution in [0.1, 0.15) is 0 Å². The summed E-state index contributed by atoms with van der Waals surface area (Å²) in [5, 5.41) is 3.28. The predicted octanol–water partition coefficient (Wildman–Crippen LogP) is 0.463. The molecule has 1 aromatic rings. The number of hydrogen-bond donors (Lipinski definition) is 1. The van der Waals surface area contributed by atoms with Crippen molar-refractivity contribution in [3.8, 4) is 0 Å². The first-order chi connectivity index (χ1) is 10.2. The van der Waals surface area contributed by atoms with E-state index >= 15 is 0 Å². The van der Waals surface area contributed by atoms with Gasteiger partial charge in [-0.2, -0.15) is 0 Å². The maximum Gasteiger partial charge on any atom is 0.241 e. The first kappa shape index (κ1) is 14.3. The third-order valence-corrected chi connectivity index (χ3v) is 3.99. The SMILES string of the molecule is O=C([C@@H]1CN(c2ccc(F)cc2)CCN1)N1CCOCC1. The van der Waals surface area contributed by atoms with Crippen molar-refractivity contribution < 1.29 is 13.9 Å². The van der Waals surface area contributed by atoms with Gasteiger partial charge >= 0.3 is 0 Å². The molecule has 0 aliphatic carbocycles. The van der Waals surface area contributed by atoms with E-state index in [1.807, 2.05) is 4.90 Å². The lowest BCUT2D eigenvalue weighted by molar-refractivity contribution is -0.137. The van der Waals surface area contributed by atoms with Crippen LogP contribution < -0.4 is 10.2 Å². The van der Waals surface area contributed by atoms with E-state index in [0.717, 1.165) is 18.8 Å². The number of ether oxygens (including phenoxy) is 1. The number of halogens is 1. The number of piperazine rings is 1. The molecule has 2 heterocycles. The minimum Gasteiger partial charge on any atom is -0.378 e. The van der Waals surface area contributed by atoms with Crippen molar-refractivity contribution in [2.75, 3.05) is 50.8 Å². The van der Waals surface area contributed by atoms with Crippen LogP contribution in [0.3, 0.4) is 0 Å². The van der Waals surface area contributed by atoms with E-state index in [1.165, 1.54) is 12.1 Å². The van der Waals surface area contributed by atoms with Gasteiger partial charge in [-0.15, -0.1) is 0 Å². The van der Waals surface area contributed by atoms with Gasteiger partial charge in [0.25, 0.3) is 0 Å². The average Bonchev–Trinajstić information content (AvgIpc) is 2.56. The monoisotopic (exact) mass is 293 g/mol. The molecule has 1 amide bonds. The number of carbonyl (C=O) groups excluding carboxylic acids is 1. The minimum absolute atomic E-state index is 0.130. The summed E-state index contributed by atoms with van der Waals surface area (Å²) in [6.07, 6.45) is 0. The maximum absolute atomic E-state index is 13.0. The van der Waals surface area contributed by atoms with E-state index in [-0.39, 0.29) is 17.8 Å². The molecule has 1 atom stereocenters. The molecule has 0 unspecified atom stereocenters. The summed E-state index contributed by atoms with van der Waals surface area (Å²) in [6, 6.07) is 6.22. The zero-order valence-corrected chi connectivity index (χ0v) is 11.9. The zero-order chi connectivity index (χ0) is 14.7. The molecule has 0 spiro atoms. The van der Waals surface area contributed by atoms with Crippen LogP contribution in [0.2, 0.25) is 0 Å². The Labute approximate surface area is 123 Å². The number of anilines is 1. The van der Waals surface area contributed by atoms with Crippen molar-refractivity contribution in [2.45, 2.75) is 6.04 Å². The van der Waals surface area contributed by atoms with Gasteiger partial charge in [0.15, 0.2) is 0 Å². The third kappa shape index (κ3) is 3.33. The number of benzene rings is 1. The average molecular weight is 293 g/mol. The quantitative estimate of drug-likeness (QED) is 0.860. The van der Waals surface area contributed by atoms with Gasteiger partial charge < -0.3 is 19.9 Å². The second-order valence-corrected chi connectivity index (χ2v) is 5.37. The lowest BCUT2D eigenvalue weighted by Crippen LogP contribution is -2.59. The topological polar surface area (TPSA) is 44.8 Å². The van der Waals surface area contributed by atoms with E-state index in [0.29, 0.717) is 32.8 Å². The van der Waals surface area contributed by atoms with Crippen LogP contribution in [0.5, 0.6) is 0 Å². The van der Waals surface area contributed by atoms with Crippen molar-refractivity contribution in [1.82, 2.24) is 10.2 Å². The van der Waals surface area contributed by atoms with Gasteiger partial charge in [-0.05, 0) is 24.3 Å². The Balaban J connectivity index is 1.64. The summed E-state index contributed by atoms with van der Waals surface area (Å²) in [4.78, 5) is 16.5. The Morgan fingerprint density at radius 2 is 1.90 bits per heavy atom. The summed E-state index contributed by atoms with van der Waals surface area (Å²) < 4.78 is 18.3. The number of nitrogens with one attached hydrogen (secondary N) is 1. The highest BCUT2D eigenvalue weighted by Crippen LogP contribution is 2.17. The number of morpholine rings is 1. The predicted molar refractivity (Wildman–Crippen MR) is 77.8 cm³/mol. The largest absolute Gasteiger partial charge is 0.378 e. The lowest BCUT2D eigenvalue weighted by Gasteiger charge is -2.37. The molecule has 1 aromatic carbocycles. The smallest absolute Gasteiger partial charge is 0.241 e. The molecule has 1 N–H and O–H groups in total. The fraction of sp³-hybridized carbons (Fsp3) is 0.533. The van der Waals surface area contributed by atoms with Gasteiger partial charge in [0.2, 0.25) is 5.91 Å². The highest BCUT2D eigenvalue weighted by Gasteiger charge is 2.29. The Hall–Kier alpha value is -1.66. The standard InChI is InChI=1S/C15H20FN3O2/c16-12-1-3-13(4-2-12)19-6-5-17-14(11-19)15(20)18-7-9-21-10-8-18/h1-4,14,17H,5-11H2/t14-/m0/s1. The molecular formula is C15H20FN3O2. The van der Waals surface area contributed by atoms with Crippen molar-refractivity contribution in [3.63, 3.8) is 0 Å². The third-order valence-electron chi connectivity index (χ3n) is 3.99.